The summed E-state index contributed by atoms with van der Waals surface area (Å²) in [6.07, 6.45) is 3.82. The van der Waals surface area contributed by atoms with Gasteiger partial charge in [-0.2, -0.15) is 0 Å². The molecule has 0 bridgehead atoms. The van der Waals surface area contributed by atoms with E-state index in [2.05, 4.69) is 30.8 Å². The van der Waals surface area contributed by atoms with Gasteiger partial charge in [0, 0.05) is 10.9 Å². The van der Waals surface area contributed by atoms with Gasteiger partial charge in [0.2, 0.25) is 10.0 Å². The van der Waals surface area contributed by atoms with Crippen molar-refractivity contribution < 1.29 is 8.42 Å². The van der Waals surface area contributed by atoms with Crippen molar-refractivity contribution in [1.29, 1.82) is 0 Å². The Labute approximate surface area is 132 Å². The number of nitrogens with one attached hydrogen (secondary N) is 2. The van der Waals surface area contributed by atoms with E-state index < -0.39 is 10.0 Å². The van der Waals surface area contributed by atoms with Crippen LogP contribution in [0.4, 0.5) is 0 Å². The number of hydrogen-bond acceptors (Lipinski definition) is 4. The van der Waals surface area contributed by atoms with Crippen LogP contribution in [0.3, 0.4) is 0 Å². The van der Waals surface area contributed by atoms with Gasteiger partial charge in [-0.25, -0.2) is 13.1 Å². The summed E-state index contributed by atoms with van der Waals surface area (Å²) < 4.78 is 28.2. The highest BCUT2D eigenvalue weighted by molar-refractivity contribution is 7.91. The number of sulfonamides is 1. The van der Waals surface area contributed by atoms with Crippen LogP contribution in [0.15, 0.2) is 16.3 Å². The molecule has 1 atom stereocenters. The van der Waals surface area contributed by atoms with Crippen LogP contribution in [0.25, 0.3) is 0 Å². The molecule has 1 heterocycles. The average molecular weight is 331 g/mol. The van der Waals surface area contributed by atoms with Crippen LogP contribution in [0.2, 0.25) is 0 Å². The first-order valence-electron chi connectivity index (χ1n) is 7.64. The van der Waals surface area contributed by atoms with Crippen molar-refractivity contribution in [2.45, 2.75) is 56.7 Å². The zero-order valence-electron chi connectivity index (χ0n) is 13.1. The van der Waals surface area contributed by atoms with Crippen molar-refractivity contribution in [3.05, 3.63) is 17.0 Å². The lowest BCUT2D eigenvalue weighted by Gasteiger charge is -2.17. The van der Waals surface area contributed by atoms with Gasteiger partial charge in [-0.15, -0.1) is 11.3 Å². The Balaban J connectivity index is 1.96. The molecule has 0 amide bonds. The maximum Gasteiger partial charge on any atom is 0.250 e. The second-order valence-corrected chi connectivity index (χ2v) is 9.66. The van der Waals surface area contributed by atoms with Crippen LogP contribution >= 0.6 is 11.3 Å². The predicted molar refractivity (Wildman–Crippen MR) is 88.3 cm³/mol. The van der Waals surface area contributed by atoms with E-state index in [1.54, 1.807) is 6.07 Å². The summed E-state index contributed by atoms with van der Waals surface area (Å²) in [6.45, 7) is 8.30. The smallest absolute Gasteiger partial charge is 0.250 e. The zero-order chi connectivity index (χ0) is 15.5. The van der Waals surface area contributed by atoms with Crippen LogP contribution in [-0.4, -0.2) is 27.5 Å². The molecule has 120 valence electrons. The van der Waals surface area contributed by atoms with Crippen molar-refractivity contribution in [1.82, 2.24) is 10.0 Å². The van der Waals surface area contributed by atoms with E-state index in [-0.39, 0.29) is 11.5 Å². The molecule has 0 aliphatic heterocycles. The molecular weight excluding hydrogens is 304 g/mol. The molecule has 1 fully saturated rings. The average Bonchev–Trinajstić information content (AvgIpc) is 2.97. The molecule has 0 spiro atoms. The Morgan fingerprint density at radius 1 is 1.38 bits per heavy atom. The lowest BCUT2D eigenvalue weighted by molar-refractivity contribution is 0.372. The molecule has 2 rings (SSSR count). The number of rotatable bonds is 7. The summed E-state index contributed by atoms with van der Waals surface area (Å²) in [7, 11) is -3.36. The summed E-state index contributed by atoms with van der Waals surface area (Å²) in [5.74, 6) is 0. The molecule has 0 aromatic carbocycles. The Hall–Kier alpha value is -0.430. The zero-order valence-corrected chi connectivity index (χ0v) is 14.7. The van der Waals surface area contributed by atoms with Gasteiger partial charge in [0.15, 0.2) is 0 Å². The lowest BCUT2D eigenvalue weighted by atomic mass is 9.92. The quantitative estimate of drug-likeness (QED) is 0.756. The van der Waals surface area contributed by atoms with Crippen LogP contribution in [-0.2, 0) is 16.4 Å². The minimum absolute atomic E-state index is 0.0808. The molecule has 1 unspecified atom stereocenters. The van der Waals surface area contributed by atoms with Crippen molar-refractivity contribution >= 4 is 21.4 Å². The van der Waals surface area contributed by atoms with Gasteiger partial charge in [-0.1, -0.05) is 20.8 Å². The van der Waals surface area contributed by atoms with E-state index in [9.17, 15) is 8.42 Å². The van der Waals surface area contributed by atoms with Gasteiger partial charge in [0.05, 0.1) is 0 Å². The Bertz CT molecular complexity index is 564. The minimum atomic E-state index is -3.36. The van der Waals surface area contributed by atoms with E-state index in [1.165, 1.54) is 11.3 Å². The lowest BCUT2D eigenvalue weighted by Crippen LogP contribution is -2.33. The van der Waals surface area contributed by atoms with Gasteiger partial charge in [0.1, 0.15) is 4.21 Å². The summed E-state index contributed by atoms with van der Waals surface area (Å²) in [6, 6.07) is 3.74. The first-order chi connectivity index (χ1) is 9.82. The fourth-order valence-corrected chi connectivity index (χ4v) is 5.48. The van der Waals surface area contributed by atoms with E-state index in [1.807, 2.05) is 6.07 Å². The van der Waals surface area contributed by atoms with Gasteiger partial charge < -0.3 is 5.32 Å². The van der Waals surface area contributed by atoms with Crippen LogP contribution in [0, 0.1) is 5.41 Å². The van der Waals surface area contributed by atoms with E-state index in [0.717, 1.165) is 43.6 Å². The van der Waals surface area contributed by atoms with Gasteiger partial charge in [-0.3, -0.25) is 0 Å². The first kappa shape index (κ1) is 16.9. The third-order valence-corrected chi connectivity index (χ3v) is 7.15. The summed E-state index contributed by atoms with van der Waals surface area (Å²) in [5, 5.41) is 3.25. The fraction of sp³-hybridized carbons (Fsp3) is 0.733. The normalized spacial score (nSPS) is 21.8. The molecule has 1 aromatic rings. The van der Waals surface area contributed by atoms with Crippen molar-refractivity contribution in [3.8, 4) is 0 Å². The second kappa shape index (κ2) is 6.77. The molecule has 4 nitrogen and oxygen atoms in total. The van der Waals surface area contributed by atoms with Gasteiger partial charge in [0.25, 0.3) is 0 Å². The SMILES string of the molecule is CCNCCc1ccc(S(=O)(=O)NC2CCC(C)(C)C2)s1. The largest absolute Gasteiger partial charge is 0.317 e. The molecule has 1 aliphatic carbocycles. The van der Waals surface area contributed by atoms with E-state index in [0.29, 0.717) is 4.21 Å². The highest BCUT2D eigenvalue weighted by atomic mass is 32.2. The maximum absolute atomic E-state index is 12.4. The Kier molecular flexibility index (Phi) is 5.46. The molecule has 1 saturated carbocycles. The molecule has 0 saturated heterocycles. The highest BCUT2D eigenvalue weighted by Gasteiger charge is 2.33. The maximum atomic E-state index is 12.4. The summed E-state index contributed by atoms with van der Waals surface area (Å²) in [4.78, 5) is 1.11. The van der Waals surface area contributed by atoms with Crippen LogP contribution < -0.4 is 10.0 Å². The van der Waals surface area contributed by atoms with Crippen molar-refractivity contribution in [2.75, 3.05) is 13.1 Å². The van der Waals surface area contributed by atoms with E-state index in [4.69, 9.17) is 0 Å². The third-order valence-electron chi connectivity index (χ3n) is 3.99. The van der Waals surface area contributed by atoms with Crippen LogP contribution in [0.5, 0.6) is 0 Å². The van der Waals surface area contributed by atoms with Crippen LogP contribution in [0.1, 0.15) is 44.9 Å². The summed E-state index contributed by atoms with van der Waals surface area (Å²) >= 11 is 1.38. The molecule has 0 radical (unpaired) electrons. The highest BCUT2D eigenvalue weighted by Crippen LogP contribution is 2.37. The molecule has 2 N–H and O–H groups in total. The van der Waals surface area contributed by atoms with Gasteiger partial charge in [-0.05, 0) is 56.3 Å². The molecule has 1 aliphatic rings. The second-order valence-electron chi connectivity index (χ2n) is 6.55. The number of hydrogen-bond donors (Lipinski definition) is 2. The number of likely N-dealkylation sites (N-methyl/N-ethyl adjacent to an activating group) is 1. The van der Waals surface area contributed by atoms with Crippen molar-refractivity contribution in [3.63, 3.8) is 0 Å². The summed E-state index contributed by atoms with van der Waals surface area (Å²) in [5.41, 5.74) is 0.250. The van der Waals surface area contributed by atoms with Crippen molar-refractivity contribution in [2.24, 2.45) is 5.41 Å². The fourth-order valence-electron chi connectivity index (χ4n) is 2.84. The molecule has 21 heavy (non-hydrogen) atoms. The molecule has 1 aromatic heterocycles. The Morgan fingerprint density at radius 2 is 2.14 bits per heavy atom. The predicted octanol–water partition coefficient (Wildman–Crippen LogP) is 2.76. The number of thiophene rings is 1. The topological polar surface area (TPSA) is 58.2 Å². The Morgan fingerprint density at radius 3 is 2.76 bits per heavy atom. The monoisotopic (exact) mass is 330 g/mol. The minimum Gasteiger partial charge on any atom is -0.317 e. The standard InChI is InChI=1S/C15H26N2O2S2/c1-4-16-10-8-13-5-6-14(20-13)21(18,19)17-12-7-9-15(2,3)11-12/h5-6,12,16-17H,4,7-11H2,1-3H3. The first-order valence-corrected chi connectivity index (χ1v) is 9.94. The van der Waals surface area contributed by atoms with Gasteiger partial charge >= 0.3 is 0 Å². The molecular formula is C15H26N2O2S2. The molecule has 6 heteroatoms. The van der Waals surface area contributed by atoms with E-state index >= 15 is 0 Å². The third kappa shape index (κ3) is 4.77.